The lowest BCUT2D eigenvalue weighted by Crippen LogP contribution is -2.52. The zero-order valence-electron chi connectivity index (χ0n) is 17.6. The molecule has 3 aromatic carbocycles. The second kappa shape index (κ2) is 7.25. The Morgan fingerprint density at radius 3 is 2.09 bits per heavy atom. The molecule has 156 valence electrons. The van der Waals surface area contributed by atoms with E-state index in [0.717, 1.165) is 22.4 Å². The fraction of sp³-hybridized carbons (Fsp3) is 0.0714. The van der Waals surface area contributed by atoms with Crippen molar-refractivity contribution in [3.63, 3.8) is 0 Å². The number of carbonyl (C=O) groups excluding carboxylic acids is 1. The first-order chi connectivity index (χ1) is 16.2. The van der Waals surface area contributed by atoms with Crippen LogP contribution in [-0.2, 0) is 12.0 Å². The second-order valence-electron chi connectivity index (χ2n) is 8.18. The van der Waals surface area contributed by atoms with Crippen LogP contribution >= 0.6 is 0 Å². The Morgan fingerprint density at radius 2 is 1.42 bits per heavy atom. The van der Waals surface area contributed by atoms with Gasteiger partial charge in [0, 0.05) is 29.3 Å². The third kappa shape index (κ3) is 2.81. The molecule has 6 rings (SSSR count). The molecule has 0 aliphatic carbocycles. The number of hydrogen-bond donors (Lipinski definition) is 0. The van der Waals surface area contributed by atoms with Gasteiger partial charge in [-0.05, 0) is 17.7 Å². The first-order valence-electron chi connectivity index (χ1n) is 10.8. The summed E-state index contributed by atoms with van der Waals surface area (Å²) in [7, 11) is 0. The van der Waals surface area contributed by atoms with Crippen molar-refractivity contribution in [2.24, 2.45) is 0 Å². The fourth-order valence-corrected chi connectivity index (χ4v) is 4.69. The van der Waals surface area contributed by atoms with E-state index in [9.17, 15) is 10.1 Å². The van der Waals surface area contributed by atoms with E-state index in [1.165, 1.54) is 4.90 Å². The highest BCUT2D eigenvalue weighted by molar-refractivity contribution is 5.99. The molecule has 2 aliphatic rings. The van der Waals surface area contributed by atoms with Crippen LogP contribution in [0.25, 0.3) is 28.6 Å². The quantitative estimate of drug-likeness (QED) is 0.441. The van der Waals surface area contributed by atoms with Gasteiger partial charge in [0.05, 0.1) is 23.2 Å². The Kier molecular flexibility index (Phi) is 4.21. The zero-order valence-corrected chi connectivity index (χ0v) is 17.6. The van der Waals surface area contributed by atoms with Gasteiger partial charge < -0.3 is 0 Å². The van der Waals surface area contributed by atoms with Crippen molar-refractivity contribution in [2.75, 3.05) is 0 Å². The molecule has 33 heavy (non-hydrogen) atoms. The van der Waals surface area contributed by atoms with E-state index in [0.29, 0.717) is 29.1 Å². The van der Waals surface area contributed by atoms with Gasteiger partial charge in [0.25, 0.3) is 5.91 Å². The molecule has 0 N–H and O–H groups in total. The minimum absolute atomic E-state index is 0.199. The molecule has 1 atom stereocenters. The molecule has 2 aliphatic heterocycles. The van der Waals surface area contributed by atoms with Crippen LogP contribution in [0.1, 0.15) is 27.3 Å². The Hall–Kier alpha value is -4.56. The van der Waals surface area contributed by atoms with Crippen molar-refractivity contribution < 1.29 is 4.79 Å². The molecule has 1 amide bonds. The van der Waals surface area contributed by atoms with Gasteiger partial charge in [0.1, 0.15) is 5.69 Å². The van der Waals surface area contributed by atoms with E-state index in [-0.39, 0.29) is 5.91 Å². The maximum absolute atomic E-state index is 13.3. The standard InChI is InChI=1S/C28H18N4O/c29-18-28-17-21-13-7-8-14-22(21)27(33)32(28)16-15-23-26(28)31-25(20-11-5-2-6-12-20)24(30-23)19-9-3-1-4-10-19/h1-16H,17H2. The fourth-order valence-electron chi connectivity index (χ4n) is 4.69. The summed E-state index contributed by atoms with van der Waals surface area (Å²) in [4.78, 5) is 24.9. The minimum Gasteiger partial charge on any atom is -0.290 e. The van der Waals surface area contributed by atoms with E-state index in [2.05, 4.69) is 6.07 Å². The number of hydrogen-bond acceptors (Lipinski definition) is 4. The Bertz CT molecular complexity index is 1470. The number of fused-ring (bicyclic) bond motifs is 4. The van der Waals surface area contributed by atoms with E-state index in [1.807, 2.05) is 84.9 Å². The Balaban J connectivity index is 1.63. The SMILES string of the molecule is N#CC12Cc3ccccc3C(=O)N1C=Cc1nc(-c3ccccc3)c(-c3ccccc3)nc12. The molecule has 0 spiro atoms. The van der Waals surface area contributed by atoms with Gasteiger partial charge in [-0.1, -0.05) is 78.9 Å². The first kappa shape index (κ1) is 19.1. The summed E-state index contributed by atoms with van der Waals surface area (Å²) in [6.07, 6.45) is 3.82. The van der Waals surface area contributed by atoms with Crippen molar-refractivity contribution >= 4 is 12.0 Å². The van der Waals surface area contributed by atoms with Gasteiger partial charge in [0.15, 0.2) is 5.54 Å². The number of rotatable bonds is 2. The molecule has 1 unspecified atom stereocenters. The summed E-state index contributed by atoms with van der Waals surface area (Å²) in [5.41, 5.74) is 4.62. The number of amides is 1. The lowest BCUT2D eigenvalue weighted by molar-refractivity contribution is 0.0660. The summed E-state index contributed by atoms with van der Waals surface area (Å²) in [6.45, 7) is 0. The number of nitrogens with zero attached hydrogens (tertiary/aromatic N) is 4. The summed E-state index contributed by atoms with van der Waals surface area (Å²) in [6, 6.07) is 29.6. The molecule has 4 aromatic rings. The van der Waals surface area contributed by atoms with Gasteiger partial charge in [0.2, 0.25) is 0 Å². The second-order valence-corrected chi connectivity index (χ2v) is 8.18. The highest BCUT2D eigenvalue weighted by atomic mass is 16.2. The molecule has 0 fully saturated rings. The topological polar surface area (TPSA) is 69.9 Å². The summed E-state index contributed by atoms with van der Waals surface area (Å²) < 4.78 is 0. The number of aromatic nitrogens is 2. The minimum atomic E-state index is -1.25. The number of benzene rings is 3. The molecule has 1 aromatic heterocycles. The highest BCUT2D eigenvalue weighted by Crippen LogP contribution is 2.43. The molecule has 5 heteroatoms. The van der Waals surface area contributed by atoms with Crippen molar-refractivity contribution in [1.29, 1.82) is 5.26 Å². The smallest absolute Gasteiger partial charge is 0.259 e. The van der Waals surface area contributed by atoms with Gasteiger partial charge in [-0.3, -0.25) is 9.69 Å². The highest BCUT2D eigenvalue weighted by Gasteiger charge is 2.50. The van der Waals surface area contributed by atoms with E-state index in [4.69, 9.17) is 9.97 Å². The molecule has 0 radical (unpaired) electrons. The lowest BCUT2D eigenvalue weighted by Gasteiger charge is -2.42. The molecular weight excluding hydrogens is 408 g/mol. The largest absolute Gasteiger partial charge is 0.290 e. The molecule has 0 saturated heterocycles. The third-order valence-electron chi connectivity index (χ3n) is 6.30. The molecule has 3 heterocycles. The van der Waals surface area contributed by atoms with Gasteiger partial charge in [-0.15, -0.1) is 0 Å². The average Bonchev–Trinajstić information content (AvgIpc) is 2.89. The predicted molar refractivity (Wildman–Crippen MR) is 126 cm³/mol. The first-order valence-corrected chi connectivity index (χ1v) is 10.8. The lowest BCUT2D eigenvalue weighted by atomic mass is 9.78. The van der Waals surface area contributed by atoms with E-state index < -0.39 is 5.54 Å². The Morgan fingerprint density at radius 1 is 0.818 bits per heavy atom. The normalized spacial score (nSPS) is 18.2. The third-order valence-corrected chi connectivity index (χ3v) is 6.30. The summed E-state index contributed by atoms with van der Waals surface area (Å²) in [5.74, 6) is -0.199. The maximum atomic E-state index is 13.3. The Labute approximate surface area is 191 Å². The molecular formula is C28H18N4O. The van der Waals surface area contributed by atoms with Crippen LogP contribution in [0.3, 0.4) is 0 Å². The maximum Gasteiger partial charge on any atom is 0.259 e. The van der Waals surface area contributed by atoms with Gasteiger partial charge in [-0.2, -0.15) is 5.26 Å². The molecule has 5 nitrogen and oxygen atoms in total. The van der Waals surface area contributed by atoms with Crippen molar-refractivity contribution in [1.82, 2.24) is 14.9 Å². The van der Waals surface area contributed by atoms with Crippen molar-refractivity contribution in [3.05, 3.63) is 114 Å². The van der Waals surface area contributed by atoms with Crippen LogP contribution in [0.4, 0.5) is 0 Å². The van der Waals surface area contributed by atoms with E-state index >= 15 is 0 Å². The van der Waals surface area contributed by atoms with Crippen LogP contribution in [0.5, 0.6) is 0 Å². The van der Waals surface area contributed by atoms with Crippen LogP contribution in [0, 0.1) is 11.3 Å². The molecule has 0 bridgehead atoms. The van der Waals surface area contributed by atoms with Crippen LogP contribution in [-0.4, -0.2) is 20.8 Å². The summed E-state index contributed by atoms with van der Waals surface area (Å²) in [5, 5.41) is 10.5. The van der Waals surface area contributed by atoms with Crippen molar-refractivity contribution in [3.8, 4) is 28.6 Å². The number of nitriles is 1. The summed E-state index contributed by atoms with van der Waals surface area (Å²) >= 11 is 0. The van der Waals surface area contributed by atoms with Crippen LogP contribution < -0.4 is 0 Å². The van der Waals surface area contributed by atoms with E-state index in [1.54, 1.807) is 12.3 Å². The van der Waals surface area contributed by atoms with Gasteiger partial charge >= 0.3 is 0 Å². The van der Waals surface area contributed by atoms with Gasteiger partial charge in [-0.25, -0.2) is 9.97 Å². The average molecular weight is 426 g/mol. The number of carbonyl (C=O) groups is 1. The predicted octanol–water partition coefficient (Wildman–Crippen LogP) is 5.21. The van der Waals surface area contributed by atoms with Crippen molar-refractivity contribution in [2.45, 2.75) is 12.0 Å². The van der Waals surface area contributed by atoms with Crippen LogP contribution in [0.2, 0.25) is 0 Å². The monoisotopic (exact) mass is 426 g/mol. The zero-order chi connectivity index (χ0) is 22.4. The van der Waals surface area contributed by atoms with Crippen LogP contribution in [0.15, 0.2) is 91.1 Å². The molecule has 0 saturated carbocycles.